The van der Waals surface area contributed by atoms with E-state index in [-0.39, 0.29) is 25.7 Å². The summed E-state index contributed by atoms with van der Waals surface area (Å²) in [6.45, 7) is 3.66. The van der Waals surface area contributed by atoms with Crippen molar-refractivity contribution in [2.24, 2.45) is 11.8 Å². The summed E-state index contributed by atoms with van der Waals surface area (Å²) < 4.78 is 12.3. The van der Waals surface area contributed by atoms with Gasteiger partial charge in [-0.3, -0.25) is 14.4 Å². The summed E-state index contributed by atoms with van der Waals surface area (Å²) in [5, 5.41) is 10.6. The van der Waals surface area contributed by atoms with Crippen LogP contribution in [0.15, 0.2) is 48.6 Å². The van der Waals surface area contributed by atoms with Gasteiger partial charge in [0.2, 0.25) is 5.91 Å². The normalized spacial score (nSPS) is 36.0. The number of allylic oxidation sites excluding steroid dienone is 1. The number of hydrogen-bond donors (Lipinski definition) is 1. The predicted molar refractivity (Wildman–Crippen MR) is 133 cm³/mol. The largest absolute Gasteiger partial charge is 0.465 e. The minimum absolute atomic E-state index is 0.256. The third-order valence-electron chi connectivity index (χ3n) is 7.82. The highest BCUT2D eigenvalue weighted by molar-refractivity contribution is 6.30. The van der Waals surface area contributed by atoms with E-state index in [0.717, 1.165) is 19.3 Å². The number of rotatable bonds is 3. The second-order valence-corrected chi connectivity index (χ2v) is 10.6. The Morgan fingerprint density at radius 2 is 1.83 bits per heavy atom. The lowest BCUT2D eigenvalue weighted by atomic mass is 9.74. The first-order chi connectivity index (χ1) is 17.2. The second-order valence-electron chi connectivity index (χ2n) is 10.2. The SMILES string of the molecule is C[C@H](CO)N1C(=O)[C@@H]2[C@H]3C(=O)OCCCC/C=C\[C@@]3(C)O[C@@]23C=CCN(c2ccc(Cl)cc2)C(=O)C13. The summed E-state index contributed by atoms with van der Waals surface area (Å²) in [4.78, 5) is 44.7. The van der Waals surface area contributed by atoms with Crippen molar-refractivity contribution in [3.05, 3.63) is 53.6 Å². The Kier molecular flexibility index (Phi) is 6.47. The molecule has 0 radical (unpaired) electrons. The molecule has 4 aliphatic rings. The van der Waals surface area contributed by atoms with Gasteiger partial charge in [-0.2, -0.15) is 0 Å². The Morgan fingerprint density at radius 1 is 1.08 bits per heavy atom. The molecule has 8 nitrogen and oxygen atoms in total. The number of anilines is 1. The van der Waals surface area contributed by atoms with E-state index in [9.17, 15) is 19.5 Å². The molecule has 1 aromatic carbocycles. The fraction of sp³-hybridized carbons (Fsp3) is 0.519. The van der Waals surface area contributed by atoms with E-state index >= 15 is 0 Å². The first-order valence-corrected chi connectivity index (χ1v) is 12.8. The molecule has 4 heterocycles. The minimum atomic E-state index is -1.39. The van der Waals surface area contributed by atoms with Crippen molar-refractivity contribution in [1.82, 2.24) is 4.90 Å². The lowest BCUT2D eigenvalue weighted by Crippen LogP contribution is -2.58. The van der Waals surface area contributed by atoms with Gasteiger partial charge in [-0.25, -0.2) is 0 Å². The highest BCUT2D eigenvalue weighted by atomic mass is 35.5. The van der Waals surface area contributed by atoms with Gasteiger partial charge < -0.3 is 24.4 Å². The first-order valence-electron chi connectivity index (χ1n) is 12.5. The zero-order valence-corrected chi connectivity index (χ0v) is 21.2. The number of aliphatic hydroxyl groups excluding tert-OH is 1. The average molecular weight is 515 g/mol. The number of halogens is 1. The second kappa shape index (κ2) is 9.32. The Balaban J connectivity index is 1.65. The van der Waals surface area contributed by atoms with Crippen molar-refractivity contribution >= 4 is 35.1 Å². The van der Waals surface area contributed by atoms with Crippen LogP contribution < -0.4 is 4.90 Å². The number of carbonyl (C=O) groups is 3. The number of nitrogens with zero attached hydrogens (tertiary/aromatic N) is 2. The number of benzene rings is 1. The predicted octanol–water partition coefficient (Wildman–Crippen LogP) is 2.88. The fourth-order valence-corrected chi connectivity index (χ4v) is 6.28. The monoisotopic (exact) mass is 514 g/mol. The maximum atomic E-state index is 14.2. The smallest absolute Gasteiger partial charge is 0.313 e. The van der Waals surface area contributed by atoms with Crippen molar-refractivity contribution < 1.29 is 29.0 Å². The fourth-order valence-electron chi connectivity index (χ4n) is 6.15. The molecule has 1 N–H and O–H groups in total. The van der Waals surface area contributed by atoms with Crippen molar-refractivity contribution in [3.63, 3.8) is 0 Å². The van der Waals surface area contributed by atoms with Crippen molar-refractivity contribution in [1.29, 1.82) is 0 Å². The summed E-state index contributed by atoms with van der Waals surface area (Å²) in [7, 11) is 0. The van der Waals surface area contributed by atoms with E-state index < -0.39 is 47.0 Å². The first kappa shape index (κ1) is 25.0. The van der Waals surface area contributed by atoms with Gasteiger partial charge in [0.25, 0.3) is 5.91 Å². The van der Waals surface area contributed by atoms with Crippen LogP contribution in [0.1, 0.15) is 33.1 Å². The molecule has 36 heavy (non-hydrogen) atoms. The van der Waals surface area contributed by atoms with Crippen LogP contribution in [0, 0.1) is 11.8 Å². The molecule has 1 spiro atoms. The van der Waals surface area contributed by atoms with Gasteiger partial charge in [-0.05, 0) is 57.4 Å². The standard InChI is InChI=1S/C27H31ClN2O6/c1-17(16-31)30-22-24(33)29(19-10-8-18(28)9-11-19)14-7-13-27(22)20(23(30)32)21-25(34)35-15-6-4-3-5-12-26(21,2)36-27/h5,7-13,17,20-22,31H,3-4,6,14-16H2,1-2H3/b12-5-/t17-,20+,21+,22?,26-,27+/m1/s1. The molecule has 1 aromatic rings. The zero-order valence-electron chi connectivity index (χ0n) is 20.4. The van der Waals surface area contributed by atoms with Crippen LogP contribution >= 0.6 is 11.6 Å². The van der Waals surface area contributed by atoms with Crippen LogP contribution in [-0.2, 0) is 23.9 Å². The molecule has 0 aliphatic carbocycles. The summed E-state index contributed by atoms with van der Waals surface area (Å²) in [6.07, 6.45) is 9.82. The van der Waals surface area contributed by atoms with Gasteiger partial charge in [0.1, 0.15) is 17.6 Å². The maximum Gasteiger partial charge on any atom is 0.313 e. The number of ether oxygens (including phenoxy) is 2. The van der Waals surface area contributed by atoms with Gasteiger partial charge in [0.05, 0.1) is 30.8 Å². The molecule has 2 amide bonds. The molecule has 0 aromatic heterocycles. The number of carbonyl (C=O) groups excluding carboxylic acids is 3. The number of esters is 1. The van der Waals surface area contributed by atoms with E-state index in [1.165, 1.54) is 4.90 Å². The summed E-state index contributed by atoms with van der Waals surface area (Å²) in [5.74, 6) is -3.14. The van der Waals surface area contributed by atoms with E-state index in [2.05, 4.69) is 0 Å². The van der Waals surface area contributed by atoms with Crippen molar-refractivity contribution in [2.75, 3.05) is 24.7 Å². The third kappa shape index (κ3) is 3.78. The van der Waals surface area contributed by atoms with Crippen LogP contribution in [0.4, 0.5) is 5.69 Å². The molecular weight excluding hydrogens is 484 g/mol. The van der Waals surface area contributed by atoms with E-state index in [1.54, 1.807) is 49.1 Å². The topological polar surface area (TPSA) is 96.4 Å². The van der Waals surface area contributed by atoms with Gasteiger partial charge in [0.15, 0.2) is 0 Å². The van der Waals surface area contributed by atoms with Crippen LogP contribution in [0.2, 0.25) is 5.02 Å². The van der Waals surface area contributed by atoms with Crippen LogP contribution in [0.25, 0.3) is 0 Å². The minimum Gasteiger partial charge on any atom is -0.465 e. The number of amides is 2. The third-order valence-corrected chi connectivity index (χ3v) is 8.07. The Bertz CT molecular complexity index is 1120. The van der Waals surface area contributed by atoms with Gasteiger partial charge in [-0.1, -0.05) is 35.9 Å². The van der Waals surface area contributed by atoms with Crippen molar-refractivity contribution in [3.8, 4) is 0 Å². The molecule has 0 saturated carbocycles. The molecule has 9 heteroatoms. The summed E-state index contributed by atoms with van der Waals surface area (Å²) in [5.41, 5.74) is -1.90. The molecule has 0 bridgehead atoms. The molecule has 2 saturated heterocycles. The van der Waals surface area contributed by atoms with Gasteiger partial charge >= 0.3 is 5.97 Å². The zero-order chi connectivity index (χ0) is 25.7. The average Bonchev–Trinajstić information content (AvgIpc) is 3.19. The van der Waals surface area contributed by atoms with Crippen molar-refractivity contribution in [2.45, 2.75) is 56.4 Å². The summed E-state index contributed by atoms with van der Waals surface area (Å²) in [6, 6.07) is 5.17. The molecule has 1 unspecified atom stereocenters. The molecule has 5 rings (SSSR count). The highest BCUT2D eigenvalue weighted by Gasteiger charge is 2.75. The number of fused-ring (bicyclic) bond motifs is 2. The van der Waals surface area contributed by atoms with Gasteiger partial charge in [-0.15, -0.1) is 0 Å². The van der Waals surface area contributed by atoms with Crippen LogP contribution in [0.3, 0.4) is 0 Å². The molecule has 4 aliphatic heterocycles. The van der Waals surface area contributed by atoms with E-state index in [4.69, 9.17) is 21.1 Å². The number of hydrogen-bond acceptors (Lipinski definition) is 6. The quantitative estimate of drug-likeness (QED) is 0.492. The molecule has 2 fully saturated rings. The number of aliphatic hydroxyl groups is 1. The Morgan fingerprint density at radius 3 is 2.56 bits per heavy atom. The Hall–Kier alpha value is -2.68. The molecule has 6 atom stereocenters. The summed E-state index contributed by atoms with van der Waals surface area (Å²) >= 11 is 6.06. The number of likely N-dealkylation sites (tertiary alicyclic amines) is 1. The maximum absolute atomic E-state index is 14.2. The molecule has 192 valence electrons. The van der Waals surface area contributed by atoms with E-state index in [0.29, 0.717) is 10.7 Å². The Labute approximate surface area is 215 Å². The highest BCUT2D eigenvalue weighted by Crippen LogP contribution is 2.57. The lowest BCUT2D eigenvalue weighted by molar-refractivity contribution is -0.159. The van der Waals surface area contributed by atoms with E-state index in [1.807, 2.05) is 18.2 Å². The van der Waals surface area contributed by atoms with Crippen LogP contribution in [0.5, 0.6) is 0 Å². The number of cyclic esters (lactones) is 1. The molecular formula is C27H31ClN2O6. The lowest BCUT2D eigenvalue weighted by Gasteiger charge is -2.39. The van der Waals surface area contributed by atoms with Crippen LogP contribution in [-0.4, -0.2) is 70.8 Å². The van der Waals surface area contributed by atoms with Gasteiger partial charge in [0, 0.05) is 17.3 Å².